The molecule has 1 saturated heterocycles. The topological polar surface area (TPSA) is 38.0 Å². The smallest absolute Gasteiger partial charge is 0.0169 e. The molecule has 0 amide bonds. The summed E-state index contributed by atoms with van der Waals surface area (Å²) >= 11 is 0. The minimum Gasteiger partial charge on any atom is -0.325 e. The molecule has 1 aliphatic heterocycles. The second-order valence-corrected chi connectivity index (χ2v) is 4.92. The molecule has 3 N–H and O–H groups in total. The highest BCUT2D eigenvalue weighted by atomic mass is 14.9. The van der Waals surface area contributed by atoms with Gasteiger partial charge in [0.1, 0.15) is 0 Å². The van der Waals surface area contributed by atoms with Crippen molar-refractivity contribution in [3.63, 3.8) is 0 Å². The minimum atomic E-state index is 0.189. The number of nitrogens with one attached hydrogen (secondary N) is 1. The highest BCUT2D eigenvalue weighted by molar-refractivity contribution is 4.93. The molecule has 76 valence electrons. The lowest BCUT2D eigenvalue weighted by atomic mass is 9.87. The van der Waals surface area contributed by atoms with E-state index >= 15 is 0 Å². The van der Waals surface area contributed by atoms with Crippen molar-refractivity contribution >= 4 is 0 Å². The van der Waals surface area contributed by atoms with Crippen LogP contribution in [-0.4, -0.2) is 18.1 Å². The number of hydrogen-bond donors (Lipinski definition) is 2. The van der Waals surface area contributed by atoms with Gasteiger partial charge in [0, 0.05) is 11.6 Å². The van der Waals surface area contributed by atoms with Gasteiger partial charge < -0.3 is 11.1 Å². The van der Waals surface area contributed by atoms with Gasteiger partial charge in [0.15, 0.2) is 0 Å². The normalized spacial score (nSPS) is 33.5. The summed E-state index contributed by atoms with van der Waals surface area (Å²) in [5.41, 5.74) is 6.54. The van der Waals surface area contributed by atoms with E-state index in [1.165, 1.54) is 57.9 Å². The fourth-order valence-corrected chi connectivity index (χ4v) is 2.87. The predicted octanol–water partition coefficient (Wildman–Crippen LogP) is 1.79. The Labute approximate surface area is 81.3 Å². The van der Waals surface area contributed by atoms with Gasteiger partial charge in [-0.3, -0.25) is 0 Å². The van der Waals surface area contributed by atoms with Crippen LogP contribution in [0.25, 0.3) is 0 Å². The monoisotopic (exact) mass is 182 g/mol. The summed E-state index contributed by atoms with van der Waals surface area (Å²) in [6.45, 7) is 1.21. The molecule has 1 unspecified atom stereocenters. The first-order valence-corrected chi connectivity index (χ1v) is 5.81. The second-order valence-electron chi connectivity index (χ2n) is 4.92. The van der Waals surface area contributed by atoms with Gasteiger partial charge in [-0.05, 0) is 38.6 Å². The Bertz CT molecular complexity index is 155. The number of hydrogen-bond acceptors (Lipinski definition) is 2. The van der Waals surface area contributed by atoms with Gasteiger partial charge in [-0.15, -0.1) is 0 Å². The third-order valence-electron chi connectivity index (χ3n) is 3.66. The van der Waals surface area contributed by atoms with Crippen LogP contribution in [0.1, 0.15) is 51.4 Å². The van der Waals surface area contributed by atoms with Crippen molar-refractivity contribution in [1.82, 2.24) is 5.32 Å². The van der Waals surface area contributed by atoms with Crippen molar-refractivity contribution in [1.29, 1.82) is 0 Å². The maximum Gasteiger partial charge on any atom is 0.0169 e. The van der Waals surface area contributed by atoms with Crippen molar-refractivity contribution in [2.24, 2.45) is 5.73 Å². The number of piperidine rings is 1. The summed E-state index contributed by atoms with van der Waals surface area (Å²) < 4.78 is 0. The molecule has 0 aromatic rings. The van der Waals surface area contributed by atoms with Gasteiger partial charge in [0.25, 0.3) is 0 Å². The average Bonchev–Trinajstić information content (AvgIpc) is 2.54. The summed E-state index contributed by atoms with van der Waals surface area (Å²) in [5.74, 6) is 0. The third kappa shape index (κ3) is 2.44. The average molecular weight is 182 g/mol. The molecule has 2 rings (SSSR count). The van der Waals surface area contributed by atoms with E-state index in [1.807, 2.05) is 0 Å². The largest absolute Gasteiger partial charge is 0.325 e. The second kappa shape index (κ2) is 3.97. The summed E-state index contributed by atoms with van der Waals surface area (Å²) in [5, 5.41) is 3.59. The molecular formula is C11H22N2. The molecule has 2 heteroatoms. The molecule has 13 heavy (non-hydrogen) atoms. The molecule has 0 spiro atoms. The van der Waals surface area contributed by atoms with E-state index in [2.05, 4.69) is 5.32 Å². The van der Waals surface area contributed by atoms with Crippen LogP contribution in [0.3, 0.4) is 0 Å². The molecule has 2 nitrogen and oxygen atoms in total. The molecule has 0 aromatic heterocycles. The zero-order valence-electron chi connectivity index (χ0n) is 8.52. The predicted molar refractivity (Wildman–Crippen MR) is 55.6 cm³/mol. The Balaban J connectivity index is 1.81. The van der Waals surface area contributed by atoms with Crippen LogP contribution < -0.4 is 11.1 Å². The zero-order chi connectivity index (χ0) is 9.15. The van der Waals surface area contributed by atoms with E-state index in [1.54, 1.807) is 0 Å². The van der Waals surface area contributed by atoms with E-state index in [-0.39, 0.29) is 5.54 Å². The van der Waals surface area contributed by atoms with Crippen molar-refractivity contribution in [3.8, 4) is 0 Å². The highest BCUT2D eigenvalue weighted by Gasteiger charge is 2.32. The lowest BCUT2D eigenvalue weighted by Gasteiger charge is -2.32. The number of nitrogens with two attached hydrogens (primary N) is 1. The van der Waals surface area contributed by atoms with E-state index < -0.39 is 0 Å². The Kier molecular flexibility index (Phi) is 2.89. The van der Waals surface area contributed by atoms with Crippen molar-refractivity contribution < 1.29 is 0 Å². The first-order chi connectivity index (χ1) is 6.29. The SMILES string of the molecule is NC1(CC2CCCCN2)CCCC1. The van der Waals surface area contributed by atoms with Crippen LogP contribution in [0.4, 0.5) is 0 Å². The zero-order valence-corrected chi connectivity index (χ0v) is 8.52. The third-order valence-corrected chi connectivity index (χ3v) is 3.66. The Morgan fingerprint density at radius 2 is 1.92 bits per heavy atom. The van der Waals surface area contributed by atoms with Gasteiger partial charge in [-0.25, -0.2) is 0 Å². The highest BCUT2D eigenvalue weighted by Crippen LogP contribution is 2.32. The van der Waals surface area contributed by atoms with E-state index in [4.69, 9.17) is 5.73 Å². The van der Waals surface area contributed by atoms with E-state index in [0.717, 1.165) is 6.04 Å². The maximum absolute atomic E-state index is 6.35. The molecule has 1 aliphatic carbocycles. The Hall–Kier alpha value is -0.0800. The van der Waals surface area contributed by atoms with Gasteiger partial charge in [0.2, 0.25) is 0 Å². The van der Waals surface area contributed by atoms with Crippen LogP contribution in [0.2, 0.25) is 0 Å². The Morgan fingerprint density at radius 1 is 1.15 bits per heavy atom. The van der Waals surface area contributed by atoms with Crippen molar-refractivity contribution in [3.05, 3.63) is 0 Å². The van der Waals surface area contributed by atoms with Crippen molar-refractivity contribution in [2.75, 3.05) is 6.54 Å². The lowest BCUT2D eigenvalue weighted by Crippen LogP contribution is -2.45. The molecule has 2 fully saturated rings. The molecule has 0 radical (unpaired) electrons. The summed E-state index contributed by atoms with van der Waals surface area (Å²) in [6.07, 6.45) is 10.5. The minimum absolute atomic E-state index is 0.189. The fraction of sp³-hybridized carbons (Fsp3) is 1.00. The van der Waals surface area contributed by atoms with Crippen LogP contribution in [-0.2, 0) is 0 Å². The molecule has 1 saturated carbocycles. The van der Waals surface area contributed by atoms with E-state index in [0.29, 0.717) is 0 Å². The first-order valence-electron chi connectivity index (χ1n) is 5.81. The lowest BCUT2D eigenvalue weighted by molar-refractivity contribution is 0.295. The molecular weight excluding hydrogens is 160 g/mol. The van der Waals surface area contributed by atoms with Crippen LogP contribution in [0.15, 0.2) is 0 Å². The van der Waals surface area contributed by atoms with Crippen molar-refractivity contribution in [2.45, 2.75) is 62.9 Å². The Morgan fingerprint density at radius 3 is 2.54 bits per heavy atom. The van der Waals surface area contributed by atoms with Gasteiger partial charge >= 0.3 is 0 Å². The maximum atomic E-state index is 6.35. The molecule has 1 atom stereocenters. The van der Waals surface area contributed by atoms with E-state index in [9.17, 15) is 0 Å². The summed E-state index contributed by atoms with van der Waals surface area (Å²) in [6, 6.07) is 0.719. The molecule has 2 aliphatic rings. The first kappa shape index (κ1) is 9.47. The number of rotatable bonds is 2. The standard InChI is InChI=1S/C11H22N2/c12-11(6-2-3-7-11)9-10-5-1-4-8-13-10/h10,13H,1-9,12H2. The van der Waals surface area contributed by atoms with Crippen LogP contribution >= 0.6 is 0 Å². The summed E-state index contributed by atoms with van der Waals surface area (Å²) in [4.78, 5) is 0. The molecule has 0 bridgehead atoms. The van der Waals surface area contributed by atoms with Gasteiger partial charge in [-0.1, -0.05) is 19.3 Å². The summed E-state index contributed by atoms with van der Waals surface area (Å²) in [7, 11) is 0. The van der Waals surface area contributed by atoms with Crippen LogP contribution in [0.5, 0.6) is 0 Å². The quantitative estimate of drug-likeness (QED) is 0.683. The van der Waals surface area contributed by atoms with Gasteiger partial charge in [-0.2, -0.15) is 0 Å². The molecule has 0 aromatic carbocycles. The van der Waals surface area contributed by atoms with Gasteiger partial charge in [0.05, 0.1) is 0 Å². The molecule has 1 heterocycles. The van der Waals surface area contributed by atoms with Crippen LogP contribution in [0, 0.1) is 0 Å². The fourth-order valence-electron chi connectivity index (χ4n) is 2.87.